The number of fused-ring (bicyclic) bond motifs is 1. The van der Waals surface area contributed by atoms with Crippen LogP contribution < -0.4 is 14.9 Å². The minimum absolute atomic E-state index is 0.286. The lowest BCUT2D eigenvalue weighted by molar-refractivity contribution is 0.0954. The average molecular weight is 338 g/mol. The van der Waals surface area contributed by atoms with Crippen molar-refractivity contribution >= 4 is 11.6 Å². The van der Waals surface area contributed by atoms with Gasteiger partial charge in [0.2, 0.25) is 0 Å². The predicted octanol–water partition coefficient (Wildman–Crippen LogP) is 3.56. The maximum Gasteiger partial charge on any atom is 0.271 e. The minimum Gasteiger partial charge on any atom is -0.497 e. The highest BCUT2D eigenvalue weighted by atomic mass is 16.5. The predicted molar refractivity (Wildman–Crippen MR) is 97.5 cm³/mol. The Bertz CT molecular complexity index is 777. The van der Waals surface area contributed by atoms with E-state index in [4.69, 9.17) is 9.47 Å². The van der Waals surface area contributed by atoms with Gasteiger partial charge in [-0.05, 0) is 43.4 Å². The molecule has 1 amide bonds. The molecule has 0 saturated heterocycles. The largest absolute Gasteiger partial charge is 0.497 e. The molecule has 0 radical (unpaired) electrons. The lowest BCUT2D eigenvalue weighted by atomic mass is 10.0. The summed E-state index contributed by atoms with van der Waals surface area (Å²) in [5, 5.41) is 4.41. The van der Waals surface area contributed by atoms with Crippen LogP contribution in [0, 0.1) is 0 Å². The molecule has 0 saturated carbocycles. The molecule has 0 atom stereocenters. The molecule has 1 aliphatic carbocycles. The van der Waals surface area contributed by atoms with Crippen LogP contribution in [0.15, 0.2) is 47.6 Å². The molecule has 0 fully saturated rings. The quantitative estimate of drug-likeness (QED) is 0.685. The molecule has 2 aromatic carbocycles. The molecule has 3 rings (SSSR count). The van der Waals surface area contributed by atoms with E-state index in [1.165, 1.54) is 5.56 Å². The van der Waals surface area contributed by atoms with Crippen molar-refractivity contribution in [1.82, 2.24) is 5.43 Å². The molecule has 0 aliphatic heterocycles. The van der Waals surface area contributed by atoms with Gasteiger partial charge in [0.25, 0.3) is 5.91 Å². The molecular formula is C20H22N2O3. The van der Waals surface area contributed by atoms with Crippen LogP contribution in [0.5, 0.6) is 11.5 Å². The van der Waals surface area contributed by atoms with Crippen molar-refractivity contribution in [2.75, 3.05) is 14.2 Å². The van der Waals surface area contributed by atoms with E-state index >= 15 is 0 Å². The van der Waals surface area contributed by atoms with Crippen LogP contribution in [0.4, 0.5) is 0 Å². The lowest BCUT2D eigenvalue weighted by Crippen LogP contribution is -2.20. The summed E-state index contributed by atoms with van der Waals surface area (Å²) in [6, 6.07) is 13.3. The first-order valence-corrected chi connectivity index (χ1v) is 8.39. The molecular weight excluding hydrogens is 316 g/mol. The van der Waals surface area contributed by atoms with Crippen LogP contribution in [0.25, 0.3) is 0 Å². The SMILES string of the molecule is COc1cc(OC)cc(C(=O)N/N=C2/CCCCc3ccccc32)c1. The molecule has 130 valence electrons. The zero-order valence-electron chi connectivity index (χ0n) is 14.5. The number of amides is 1. The van der Waals surface area contributed by atoms with Gasteiger partial charge in [-0.3, -0.25) is 4.79 Å². The fourth-order valence-electron chi connectivity index (χ4n) is 3.00. The second kappa shape index (κ2) is 7.83. The number of nitrogens with zero attached hydrogens (tertiary/aromatic N) is 1. The first kappa shape index (κ1) is 17.0. The van der Waals surface area contributed by atoms with Gasteiger partial charge in [0.15, 0.2) is 0 Å². The van der Waals surface area contributed by atoms with Gasteiger partial charge < -0.3 is 9.47 Å². The van der Waals surface area contributed by atoms with Gasteiger partial charge in [-0.25, -0.2) is 5.43 Å². The Morgan fingerprint density at radius 3 is 2.40 bits per heavy atom. The van der Waals surface area contributed by atoms with E-state index in [2.05, 4.69) is 22.7 Å². The van der Waals surface area contributed by atoms with E-state index in [0.717, 1.165) is 37.0 Å². The number of carbonyl (C=O) groups is 1. The number of aryl methyl sites for hydroxylation is 1. The van der Waals surface area contributed by atoms with Gasteiger partial charge >= 0.3 is 0 Å². The van der Waals surface area contributed by atoms with Gasteiger partial charge in [0.05, 0.1) is 19.9 Å². The highest BCUT2D eigenvalue weighted by Crippen LogP contribution is 2.23. The fraction of sp³-hybridized carbons (Fsp3) is 0.300. The molecule has 1 aliphatic rings. The Balaban J connectivity index is 1.83. The van der Waals surface area contributed by atoms with E-state index in [0.29, 0.717) is 17.1 Å². The number of nitrogens with one attached hydrogen (secondary N) is 1. The third kappa shape index (κ3) is 3.99. The number of benzene rings is 2. The van der Waals surface area contributed by atoms with Crippen LogP contribution >= 0.6 is 0 Å². The number of carbonyl (C=O) groups excluding carboxylic acids is 1. The van der Waals surface area contributed by atoms with Crippen LogP contribution in [0.3, 0.4) is 0 Å². The molecule has 5 nitrogen and oxygen atoms in total. The summed E-state index contributed by atoms with van der Waals surface area (Å²) in [5.41, 5.74) is 6.47. The van der Waals surface area contributed by atoms with Crippen molar-refractivity contribution in [2.24, 2.45) is 5.10 Å². The molecule has 0 unspecified atom stereocenters. The molecule has 0 aromatic heterocycles. The van der Waals surface area contributed by atoms with Crippen molar-refractivity contribution in [3.63, 3.8) is 0 Å². The summed E-state index contributed by atoms with van der Waals surface area (Å²) in [4.78, 5) is 12.5. The molecule has 1 N–H and O–H groups in total. The molecule has 25 heavy (non-hydrogen) atoms. The summed E-state index contributed by atoms with van der Waals surface area (Å²) in [6.45, 7) is 0. The number of hydrazone groups is 1. The Hall–Kier alpha value is -2.82. The Labute approximate surface area is 147 Å². The zero-order chi connectivity index (χ0) is 17.6. The molecule has 0 spiro atoms. The lowest BCUT2D eigenvalue weighted by Gasteiger charge is -2.09. The maximum atomic E-state index is 12.5. The second-order valence-electron chi connectivity index (χ2n) is 5.97. The summed E-state index contributed by atoms with van der Waals surface area (Å²) in [5.74, 6) is 0.848. The fourth-order valence-corrected chi connectivity index (χ4v) is 3.00. The first-order valence-electron chi connectivity index (χ1n) is 8.39. The Morgan fingerprint density at radius 2 is 1.68 bits per heavy atom. The normalized spacial score (nSPS) is 15.2. The molecule has 0 heterocycles. The van der Waals surface area contributed by atoms with Crippen LogP contribution in [-0.4, -0.2) is 25.8 Å². The molecule has 5 heteroatoms. The van der Waals surface area contributed by atoms with Crippen molar-refractivity contribution in [2.45, 2.75) is 25.7 Å². The Kier molecular flexibility index (Phi) is 5.33. The van der Waals surface area contributed by atoms with Gasteiger partial charge in [-0.15, -0.1) is 0 Å². The third-order valence-electron chi connectivity index (χ3n) is 4.34. The van der Waals surface area contributed by atoms with E-state index in [1.54, 1.807) is 32.4 Å². The number of ether oxygens (including phenoxy) is 2. The topological polar surface area (TPSA) is 59.9 Å². The van der Waals surface area contributed by atoms with E-state index in [9.17, 15) is 4.79 Å². The van der Waals surface area contributed by atoms with Crippen molar-refractivity contribution in [3.8, 4) is 11.5 Å². The minimum atomic E-state index is -0.286. The highest BCUT2D eigenvalue weighted by molar-refractivity contribution is 6.03. The molecule has 0 bridgehead atoms. The number of methoxy groups -OCH3 is 2. The highest BCUT2D eigenvalue weighted by Gasteiger charge is 2.15. The zero-order valence-corrected chi connectivity index (χ0v) is 14.5. The van der Waals surface area contributed by atoms with Crippen LogP contribution in [-0.2, 0) is 6.42 Å². The average Bonchev–Trinajstić information content (AvgIpc) is 2.87. The van der Waals surface area contributed by atoms with Crippen LogP contribution in [0.2, 0.25) is 0 Å². The second-order valence-corrected chi connectivity index (χ2v) is 5.97. The first-order chi connectivity index (χ1) is 12.2. The van der Waals surface area contributed by atoms with E-state index in [-0.39, 0.29) is 5.91 Å². The summed E-state index contributed by atoms with van der Waals surface area (Å²) >= 11 is 0. The van der Waals surface area contributed by atoms with E-state index < -0.39 is 0 Å². The monoisotopic (exact) mass is 338 g/mol. The van der Waals surface area contributed by atoms with Crippen molar-refractivity contribution in [3.05, 3.63) is 59.2 Å². The van der Waals surface area contributed by atoms with Crippen LogP contribution in [0.1, 0.15) is 40.7 Å². The smallest absolute Gasteiger partial charge is 0.271 e. The van der Waals surface area contributed by atoms with E-state index in [1.807, 2.05) is 12.1 Å². The van der Waals surface area contributed by atoms with Gasteiger partial charge in [-0.2, -0.15) is 5.10 Å². The third-order valence-corrected chi connectivity index (χ3v) is 4.34. The maximum absolute atomic E-state index is 12.5. The van der Waals surface area contributed by atoms with Crippen molar-refractivity contribution in [1.29, 1.82) is 0 Å². The van der Waals surface area contributed by atoms with Gasteiger partial charge in [-0.1, -0.05) is 24.3 Å². The van der Waals surface area contributed by atoms with Gasteiger partial charge in [0, 0.05) is 17.2 Å². The number of rotatable bonds is 4. The summed E-state index contributed by atoms with van der Waals surface area (Å²) in [7, 11) is 3.11. The number of hydrogen-bond acceptors (Lipinski definition) is 4. The molecule has 2 aromatic rings. The number of hydrogen-bond donors (Lipinski definition) is 1. The summed E-state index contributed by atoms with van der Waals surface area (Å²) in [6.07, 6.45) is 4.11. The Morgan fingerprint density at radius 1 is 1.00 bits per heavy atom. The van der Waals surface area contributed by atoms with Gasteiger partial charge in [0.1, 0.15) is 11.5 Å². The summed E-state index contributed by atoms with van der Waals surface area (Å²) < 4.78 is 10.4. The van der Waals surface area contributed by atoms with Crippen molar-refractivity contribution < 1.29 is 14.3 Å². The standard InChI is InChI=1S/C20H22N2O3/c1-24-16-11-15(12-17(13-16)25-2)20(23)22-21-19-10-6-4-8-14-7-3-5-9-18(14)19/h3,5,7,9,11-13H,4,6,8,10H2,1-2H3,(H,22,23)/b21-19-.